The van der Waals surface area contributed by atoms with Crippen LogP contribution in [0.15, 0.2) is 59.5 Å². The van der Waals surface area contributed by atoms with Gasteiger partial charge in [0.05, 0.1) is 5.52 Å². The number of hydrogen-bond donors (Lipinski definition) is 1. The maximum atomic E-state index is 12.8. The summed E-state index contributed by atoms with van der Waals surface area (Å²) >= 11 is 0. The largest absolute Gasteiger partial charge is 0.478 e. The molecule has 0 aliphatic heterocycles. The summed E-state index contributed by atoms with van der Waals surface area (Å²) in [5.41, 5.74) is 0.999. The van der Waals surface area contributed by atoms with E-state index in [2.05, 4.69) is 0 Å². The van der Waals surface area contributed by atoms with Crippen LogP contribution < -0.4 is 5.43 Å². The van der Waals surface area contributed by atoms with Crippen molar-refractivity contribution in [1.29, 1.82) is 0 Å². The Hall–Kier alpha value is -3.47. The van der Waals surface area contributed by atoms with Crippen molar-refractivity contribution < 1.29 is 9.90 Å². The highest BCUT2D eigenvalue weighted by atomic mass is 16.4. The first-order valence-corrected chi connectivity index (χ1v) is 7.47. The lowest BCUT2D eigenvalue weighted by Gasteiger charge is -2.08. The minimum absolute atomic E-state index is 0.222. The molecule has 3 aromatic carbocycles. The highest BCUT2D eigenvalue weighted by Crippen LogP contribution is 2.29. The van der Waals surface area contributed by atoms with Crippen LogP contribution in [0.5, 0.6) is 0 Å². The average molecular weight is 314 g/mol. The van der Waals surface area contributed by atoms with Gasteiger partial charge in [-0.2, -0.15) is 0 Å². The Morgan fingerprint density at radius 2 is 1.83 bits per heavy atom. The number of aromatic carboxylic acids is 1. The predicted octanol–water partition coefficient (Wildman–Crippen LogP) is 3.29. The topological polar surface area (TPSA) is 71.7 Å². The second kappa shape index (κ2) is 4.29. The summed E-state index contributed by atoms with van der Waals surface area (Å²) in [7, 11) is 0. The molecule has 0 saturated heterocycles. The van der Waals surface area contributed by atoms with Gasteiger partial charge in [-0.1, -0.05) is 36.4 Å². The lowest BCUT2D eigenvalue weighted by molar-refractivity contribution is 0.0696. The van der Waals surface area contributed by atoms with E-state index in [0.717, 1.165) is 10.8 Å². The van der Waals surface area contributed by atoms with Crippen molar-refractivity contribution >= 4 is 44.2 Å². The fourth-order valence-corrected chi connectivity index (χ4v) is 3.42. The molecular formula is C19H10N2O3. The van der Waals surface area contributed by atoms with E-state index in [4.69, 9.17) is 4.98 Å². The van der Waals surface area contributed by atoms with Gasteiger partial charge < -0.3 is 5.11 Å². The van der Waals surface area contributed by atoms with Crippen LogP contribution in [0.1, 0.15) is 10.4 Å². The van der Waals surface area contributed by atoms with E-state index in [1.807, 2.05) is 42.6 Å². The molecular weight excluding hydrogens is 304 g/mol. The Bertz CT molecular complexity index is 1350. The van der Waals surface area contributed by atoms with Gasteiger partial charge in [0.2, 0.25) is 5.43 Å². The first-order chi connectivity index (χ1) is 11.6. The van der Waals surface area contributed by atoms with Crippen LogP contribution in [0.25, 0.3) is 38.2 Å². The number of hydrogen-bond acceptors (Lipinski definition) is 3. The van der Waals surface area contributed by atoms with E-state index in [-0.39, 0.29) is 5.56 Å². The summed E-state index contributed by atoms with van der Waals surface area (Å²) in [5, 5.41) is 12.7. The van der Waals surface area contributed by atoms with Crippen molar-refractivity contribution in [1.82, 2.24) is 9.38 Å². The van der Waals surface area contributed by atoms with Crippen LogP contribution in [0, 0.1) is 0 Å². The molecule has 1 N–H and O–H groups in total. The van der Waals surface area contributed by atoms with E-state index in [9.17, 15) is 14.7 Å². The van der Waals surface area contributed by atoms with Crippen molar-refractivity contribution in [3.63, 3.8) is 0 Å². The third kappa shape index (κ3) is 1.50. The molecule has 5 rings (SSSR count). The molecule has 0 amide bonds. The third-order valence-electron chi connectivity index (χ3n) is 4.47. The molecule has 0 aliphatic rings. The van der Waals surface area contributed by atoms with Crippen LogP contribution in [-0.4, -0.2) is 20.5 Å². The monoisotopic (exact) mass is 314 g/mol. The number of nitrogens with zero attached hydrogens (tertiary/aromatic N) is 2. The number of benzene rings is 3. The summed E-state index contributed by atoms with van der Waals surface area (Å²) < 4.78 is 1.72. The molecule has 114 valence electrons. The summed E-state index contributed by atoms with van der Waals surface area (Å²) in [5.74, 6) is -1.22. The molecule has 0 bridgehead atoms. The molecule has 0 spiro atoms. The van der Waals surface area contributed by atoms with E-state index >= 15 is 0 Å². The predicted molar refractivity (Wildman–Crippen MR) is 92.1 cm³/mol. The highest BCUT2D eigenvalue weighted by molar-refractivity contribution is 6.12. The fourth-order valence-electron chi connectivity index (χ4n) is 3.42. The SMILES string of the molecule is O=C(O)c1cc2cccc3nc4c5ccccc5cn4c(c1=O)c23. The molecule has 0 radical (unpaired) electrons. The van der Waals surface area contributed by atoms with Crippen LogP contribution in [0.3, 0.4) is 0 Å². The zero-order valence-corrected chi connectivity index (χ0v) is 12.4. The van der Waals surface area contributed by atoms with Gasteiger partial charge in [0.1, 0.15) is 16.7 Å². The number of fused-ring (bicyclic) bond motifs is 4. The minimum Gasteiger partial charge on any atom is -0.478 e. The Balaban J connectivity index is 2.19. The Morgan fingerprint density at radius 3 is 2.67 bits per heavy atom. The molecule has 0 aliphatic carbocycles. The highest BCUT2D eigenvalue weighted by Gasteiger charge is 2.19. The van der Waals surface area contributed by atoms with Gasteiger partial charge in [-0.25, -0.2) is 9.78 Å². The Morgan fingerprint density at radius 1 is 1.04 bits per heavy atom. The zero-order valence-electron chi connectivity index (χ0n) is 12.4. The smallest absolute Gasteiger partial charge is 0.339 e. The maximum absolute atomic E-state index is 12.8. The first-order valence-electron chi connectivity index (χ1n) is 7.47. The van der Waals surface area contributed by atoms with Crippen LogP contribution >= 0.6 is 0 Å². The molecule has 5 aromatic rings. The van der Waals surface area contributed by atoms with Crippen molar-refractivity contribution in [2.75, 3.05) is 0 Å². The van der Waals surface area contributed by atoms with Gasteiger partial charge in [0.15, 0.2) is 0 Å². The van der Waals surface area contributed by atoms with E-state index in [0.29, 0.717) is 27.5 Å². The van der Waals surface area contributed by atoms with Crippen molar-refractivity contribution in [3.05, 3.63) is 70.5 Å². The van der Waals surface area contributed by atoms with E-state index < -0.39 is 11.4 Å². The van der Waals surface area contributed by atoms with Gasteiger partial charge in [-0.05, 0) is 17.5 Å². The van der Waals surface area contributed by atoms with Crippen LogP contribution in [0.2, 0.25) is 0 Å². The molecule has 2 heterocycles. The van der Waals surface area contributed by atoms with Crippen LogP contribution in [0.4, 0.5) is 0 Å². The minimum atomic E-state index is -1.22. The number of carbonyl (C=O) groups is 1. The summed E-state index contributed by atoms with van der Waals surface area (Å²) in [6.45, 7) is 0. The number of carboxylic acid groups (broad SMARTS) is 1. The Labute approximate surface area is 134 Å². The van der Waals surface area contributed by atoms with Gasteiger partial charge >= 0.3 is 5.97 Å². The number of rotatable bonds is 1. The van der Waals surface area contributed by atoms with Gasteiger partial charge in [-0.3, -0.25) is 9.20 Å². The quantitative estimate of drug-likeness (QED) is 0.515. The normalized spacial score (nSPS) is 11.8. The molecule has 2 aromatic heterocycles. The maximum Gasteiger partial charge on any atom is 0.339 e. The van der Waals surface area contributed by atoms with Crippen molar-refractivity contribution in [2.24, 2.45) is 0 Å². The zero-order chi connectivity index (χ0) is 16.4. The lowest BCUT2D eigenvalue weighted by atomic mass is 10.0. The molecule has 24 heavy (non-hydrogen) atoms. The molecule has 0 atom stereocenters. The fraction of sp³-hybridized carbons (Fsp3) is 0. The first kappa shape index (κ1) is 13.0. The Kier molecular flexibility index (Phi) is 2.33. The molecule has 0 saturated carbocycles. The van der Waals surface area contributed by atoms with Gasteiger partial charge in [-0.15, -0.1) is 0 Å². The number of aromatic nitrogens is 2. The van der Waals surface area contributed by atoms with Gasteiger partial charge in [0.25, 0.3) is 0 Å². The van der Waals surface area contributed by atoms with Crippen molar-refractivity contribution in [3.8, 4) is 0 Å². The average Bonchev–Trinajstić information content (AvgIpc) is 2.95. The summed E-state index contributed by atoms with van der Waals surface area (Å²) in [4.78, 5) is 29.0. The third-order valence-corrected chi connectivity index (χ3v) is 4.47. The van der Waals surface area contributed by atoms with E-state index in [1.54, 1.807) is 10.5 Å². The molecule has 5 nitrogen and oxygen atoms in total. The van der Waals surface area contributed by atoms with Crippen LogP contribution in [-0.2, 0) is 0 Å². The second-order valence-electron chi connectivity index (χ2n) is 5.80. The summed E-state index contributed by atoms with van der Waals surface area (Å²) in [6.07, 6.45) is 1.84. The summed E-state index contributed by atoms with van der Waals surface area (Å²) in [6, 6.07) is 14.6. The standard InChI is InChI=1S/C19H10N2O3/c22-17-13(19(23)24)8-10-5-3-7-14-15(10)16(17)21-9-11-4-1-2-6-12(11)18(21)20-14/h1-9H,(H,23,24). The second-order valence-corrected chi connectivity index (χ2v) is 5.80. The van der Waals surface area contributed by atoms with Crippen molar-refractivity contribution in [2.45, 2.75) is 0 Å². The molecule has 0 fully saturated rings. The van der Waals surface area contributed by atoms with E-state index in [1.165, 1.54) is 6.07 Å². The number of carboxylic acids is 1. The molecule has 5 heteroatoms. The molecule has 0 unspecified atom stereocenters. The van der Waals surface area contributed by atoms with Gasteiger partial charge in [0, 0.05) is 22.4 Å². The lowest BCUT2D eigenvalue weighted by Crippen LogP contribution is -2.17.